The molecule has 3 nitrogen and oxygen atoms in total. The van der Waals surface area contributed by atoms with E-state index in [4.69, 9.17) is 9.47 Å². The molecule has 0 heterocycles. The van der Waals surface area contributed by atoms with Gasteiger partial charge >= 0.3 is 0 Å². The monoisotopic (exact) mass is 223 g/mol. The maximum Gasteiger partial charge on any atom is 0.119 e. The Morgan fingerprint density at radius 2 is 2.19 bits per heavy atom. The average molecular weight is 223 g/mol. The fourth-order valence-corrected chi connectivity index (χ4v) is 1.52. The normalized spacial score (nSPS) is 12.4. The molecule has 0 aromatic heterocycles. The van der Waals surface area contributed by atoms with Gasteiger partial charge in [0, 0.05) is 19.2 Å². The third-order valence-corrected chi connectivity index (χ3v) is 2.49. The quantitative estimate of drug-likeness (QED) is 0.720. The van der Waals surface area contributed by atoms with Gasteiger partial charge in [-0.2, -0.15) is 0 Å². The first-order chi connectivity index (χ1) is 7.77. The summed E-state index contributed by atoms with van der Waals surface area (Å²) in [6, 6.07) is 8.43. The zero-order valence-electron chi connectivity index (χ0n) is 10.3. The Balaban J connectivity index is 2.42. The van der Waals surface area contributed by atoms with Crippen LogP contribution in [-0.4, -0.2) is 26.9 Å². The van der Waals surface area contributed by atoms with Crippen molar-refractivity contribution in [2.24, 2.45) is 0 Å². The highest BCUT2D eigenvalue weighted by atomic mass is 16.5. The summed E-state index contributed by atoms with van der Waals surface area (Å²) in [5.74, 6) is 0.899. The first-order valence-corrected chi connectivity index (χ1v) is 5.73. The summed E-state index contributed by atoms with van der Waals surface area (Å²) in [4.78, 5) is 0. The first kappa shape index (κ1) is 13.0. The maximum absolute atomic E-state index is 5.28. The Hall–Kier alpha value is -1.06. The van der Waals surface area contributed by atoms with Gasteiger partial charge in [-0.05, 0) is 31.5 Å². The molecule has 0 aliphatic heterocycles. The second-order valence-corrected chi connectivity index (χ2v) is 3.65. The van der Waals surface area contributed by atoms with Crippen LogP contribution in [0.25, 0.3) is 0 Å². The van der Waals surface area contributed by atoms with E-state index in [1.54, 1.807) is 7.11 Å². The van der Waals surface area contributed by atoms with E-state index in [-0.39, 0.29) is 0 Å². The predicted molar refractivity (Wildman–Crippen MR) is 65.9 cm³/mol. The van der Waals surface area contributed by atoms with Crippen molar-refractivity contribution in [2.75, 3.05) is 26.9 Å². The molecule has 0 spiro atoms. The number of benzene rings is 1. The van der Waals surface area contributed by atoms with Crippen LogP contribution in [0, 0.1) is 0 Å². The van der Waals surface area contributed by atoms with Crippen LogP contribution >= 0.6 is 0 Å². The van der Waals surface area contributed by atoms with Crippen LogP contribution in [0.3, 0.4) is 0 Å². The lowest BCUT2D eigenvalue weighted by Gasteiger charge is -2.14. The van der Waals surface area contributed by atoms with Crippen molar-refractivity contribution in [3.63, 3.8) is 0 Å². The Morgan fingerprint density at radius 3 is 2.88 bits per heavy atom. The van der Waals surface area contributed by atoms with Gasteiger partial charge in [-0.15, -0.1) is 0 Å². The highest BCUT2D eigenvalue weighted by Crippen LogP contribution is 2.18. The summed E-state index contributed by atoms with van der Waals surface area (Å²) in [7, 11) is 1.69. The summed E-state index contributed by atoms with van der Waals surface area (Å²) in [5, 5.41) is 3.40. The number of ether oxygens (including phenoxy) is 2. The standard InChI is InChI=1S/C13H21NO2/c1-4-16-9-8-14-11(2)12-6-5-7-13(10-12)15-3/h5-7,10-11,14H,4,8-9H2,1-3H3. The molecule has 0 aliphatic rings. The van der Waals surface area contributed by atoms with E-state index in [1.165, 1.54) is 5.56 Å². The molecule has 16 heavy (non-hydrogen) atoms. The van der Waals surface area contributed by atoms with Crippen LogP contribution in [-0.2, 0) is 4.74 Å². The Kier molecular flexibility index (Phi) is 5.90. The number of nitrogens with one attached hydrogen (secondary N) is 1. The number of hydrogen-bond acceptors (Lipinski definition) is 3. The van der Waals surface area contributed by atoms with Crippen molar-refractivity contribution < 1.29 is 9.47 Å². The summed E-state index contributed by atoms with van der Waals surface area (Å²) in [5.41, 5.74) is 1.23. The van der Waals surface area contributed by atoms with Gasteiger partial charge in [0.25, 0.3) is 0 Å². The lowest BCUT2D eigenvalue weighted by molar-refractivity contribution is 0.147. The van der Waals surface area contributed by atoms with Crippen molar-refractivity contribution in [3.8, 4) is 5.75 Å². The molecule has 1 aromatic rings. The summed E-state index contributed by atoms with van der Waals surface area (Å²) < 4.78 is 10.5. The lowest BCUT2D eigenvalue weighted by atomic mass is 10.1. The Labute approximate surface area is 97.8 Å². The fraction of sp³-hybridized carbons (Fsp3) is 0.538. The van der Waals surface area contributed by atoms with Gasteiger partial charge in [-0.25, -0.2) is 0 Å². The van der Waals surface area contributed by atoms with Gasteiger partial charge in [-0.1, -0.05) is 12.1 Å². The van der Waals surface area contributed by atoms with Gasteiger partial charge in [0.1, 0.15) is 5.75 Å². The molecule has 0 radical (unpaired) electrons. The molecular weight excluding hydrogens is 202 g/mol. The van der Waals surface area contributed by atoms with E-state index in [1.807, 2.05) is 19.1 Å². The Bertz CT molecular complexity index is 302. The lowest BCUT2D eigenvalue weighted by Crippen LogP contribution is -2.23. The average Bonchev–Trinajstić information content (AvgIpc) is 2.34. The molecule has 0 aliphatic carbocycles. The molecule has 3 heteroatoms. The summed E-state index contributed by atoms with van der Waals surface area (Å²) in [6.07, 6.45) is 0. The second-order valence-electron chi connectivity index (χ2n) is 3.65. The second kappa shape index (κ2) is 7.25. The van der Waals surface area contributed by atoms with Crippen molar-refractivity contribution in [3.05, 3.63) is 29.8 Å². The molecule has 1 N–H and O–H groups in total. The van der Waals surface area contributed by atoms with E-state index in [9.17, 15) is 0 Å². The zero-order chi connectivity index (χ0) is 11.8. The molecule has 0 amide bonds. The van der Waals surface area contributed by atoms with Crippen molar-refractivity contribution in [1.29, 1.82) is 0 Å². The molecule has 1 atom stereocenters. The third-order valence-electron chi connectivity index (χ3n) is 2.49. The van der Waals surface area contributed by atoms with Crippen molar-refractivity contribution in [2.45, 2.75) is 19.9 Å². The Morgan fingerprint density at radius 1 is 1.38 bits per heavy atom. The van der Waals surface area contributed by atoms with Gasteiger partial charge < -0.3 is 14.8 Å². The SMILES string of the molecule is CCOCCNC(C)c1cccc(OC)c1. The molecular formula is C13H21NO2. The third kappa shape index (κ3) is 4.21. The van der Waals surface area contributed by atoms with E-state index in [0.29, 0.717) is 6.04 Å². The minimum Gasteiger partial charge on any atom is -0.497 e. The minimum atomic E-state index is 0.315. The first-order valence-electron chi connectivity index (χ1n) is 5.73. The van der Waals surface area contributed by atoms with Gasteiger partial charge in [-0.3, -0.25) is 0 Å². The van der Waals surface area contributed by atoms with Crippen molar-refractivity contribution >= 4 is 0 Å². The van der Waals surface area contributed by atoms with Gasteiger partial charge in [0.15, 0.2) is 0 Å². The smallest absolute Gasteiger partial charge is 0.119 e. The largest absolute Gasteiger partial charge is 0.497 e. The van der Waals surface area contributed by atoms with E-state index in [0.717, 1.165) is 25.5 Å². The summed E-state index contributed by atoms with van der Waals surface area (Å²) in [6.45, 7) is 6.54. The van der Waals surface area contributed by atoms with Crippen LogP contribution in [0.5, 0.6) is 5.75 Å². The van der Waals surface area contributed by atoms with Crippen LogP contribution < -0.4 is 10.1 Å². The molecule has 90 valence electrons. The molecule has 1 rings (SSSR count). The molecule has 0 bridgehead atoms. The molecule has 1 aromatic carbocycles. The van der Waals surface area contributed by atoms with E-state index < -0.39 is 0 Å². The van der Waals surface area contributed by atoms with E-state index in [2.05, 4.69) is 24.4 Å². The number of hydrogen-bond donors (Lipinski definition) is 1. The highest BCUT2D eigenvalue weighted by molar-refractivity contribution is 5.30. The number of methoxy groups -OCH3 is 1. The van der Waals surface area contributed by atoms with Gasteiger partial charge in [0.2, 0.25) is 0 Å². The topological polar surface area (TPSA) is 30.5 Å². The highest BCUT2D eigenvalue weighted by Gasteiger charge is 2.04. The minimum absolute atomic E-state index is 0.315. The van der Waals surface area contributed by atoms with Crippen LogP contribution in [0.1, 0.15) is 25.5 Å². The zero-order valence-corrected chi connectivity index (χ0v) is 10.3. The number of rotatable bonds is 7. The molecule has 0 saturated heterocycles. The van der Waals surface area contributed by atoms with E-state index >= 15 is 0 Å². The predicted octanol–water partition coefficient (Wildman–Crippen LogP) is 2.38. The van der Waals surface area contributed by atoms with Gasteiger partial charge in [0.05, 0.1) is 13.7 Å². The molecule has 0 fully saturated rings. The van der Waals surface area contributed by atoms with Crippen LogP contribution in [0.4, 0.5) is 0 Å². The molecule has 1 unspecified atom stereocenters. The molecule has 0 saturated carbocycles. The summed E-state index contributed by atoms with van der Waals surface area (Å²) >= 11 is 0. The van der Waals surface area contributed by atoms with Crippen molar-refractivity contribution in [1.82, 2.24) is 5.32 Å². The van der Waals surface area contributed by atoms with Crippen LogP contribution in [0.15, 0.2) is 24.3 Å². The van der Waals surface area contributed by atoms with Crippen LogP contribution in [0.2, 0.25) is 0 Å². The fourth-order valence-electron chi connectivity index (χ4n) is 1.52. The maximum atomic E-state index is 5.28.